The van der Waals surface area contributed by atoms with Gasteiger partial charge in [0.1, 0.15) is 12.7 Å². The maximum atomic E-state index is 12.9. The summed E-state index contributed by atoms with van der Waals surface area (Å²) in [5, 5.41) is 2.88. The number of hydrogen-bond acceptors (Lipinski definition) is 6. The highest BCUT2D eigenvalue weighted by Gasteiger charge is 2.57. The van der Waals surface area contributed by atoms with E-state index in [1.165, 1.54) is 11.0 Å². The van der Waals surface area contributed by atoms with Crippen LogP contribution in [-0.2, 0) is 23.5 Å². The number of carbonyl (C=O) groups excluding carboxylic acids is 3. The van der Waals surface area contributed by atoms with Crippen LogP contribution in [0.5, 0.6) is 0 Å². The van der Waals surface area contributed by atoms with Crippen LogP contribution in [0, 0.1) is 11.3 Å². The van der Waals surface area contributed by atoms with E-state index in [1.54, 1.807) is 0 Å². The number of hydrogen-bond donors (Lipinski definition) is 1. The first-order valence-corrected chi connectivity index (χ1v) is 13.3. The van der Waals surface area contributed by atoms with Crippen molar-refractivity contribution in [3.8, 4) is 0 Å². The zero-order valence-electron chi connectivity index (χ0n) is 19.0. The SMILES string of the molecule is C=CCOC(=O)N1CCOC(C(=O)C[C@H]2NC(=O)[C@@H]2[C@@](C)(O[SiH](C)C)C(C)(C)C)C1. The second-order valence-electron chi connectivity index (χ2n) is 9.46. The van der Waals surface area contributed by atoms with Crippen molar-refractivity contribution in [1.82, 2.24) is 10.2 Å². The minimum absolute atomic E-state index is 0.0842. The number of rotatable bonds is 8. The van der Waals surface area contributed by atoms with Crippen LogP contribution >= 0.6 is 0 Å². The van der Waals surface area contributed by atoms with Crippen molar-refractivity contribution >= 4 is 26.8 Å². The smallest absolute Gasteiger partial charge is 0.410 e. The van der Waals surface area contributed by atoms with Gasteiger partial charge in [-0.1, -0.05) is 33.4 Å². The van der Waals surface area contributed by atoms with E-state index in [0.29, 0.717) is 6.54 Å². The normalized spacial score (nSPS) is 26.4. The molecular formula is C21H36N2O6Si. The van der Waals surface area contributed by atoms with Gasteiger partial charge >= 0.3 is 6.09 Å². The van der Waals surface area contributed by atoms with Crippen molar-refractivity contribution in [3.05, 3.63) is 12.7 Å². The molecule has 1 unspecified atom stereocenters. The molecule has 2 fully saturated rings. The maximum Gasteiger partial charge on any atom is 0.410 e. The summed E-state index contributed by atoms with van der Waals surface area (Å²) in [7, 11) is -1.43. The fourth-order valence-corrected chi connectivity index (χ4v) is 5.51. The number of nitrogens with zero attached hydrogens (tertiary/aromatic N) is 1. The van der Waals surface area contributed by atoms with Gasteiger partial charge in [0.25, 0.3) is 0 Å². The summed E-state index contributed by atoms with van der Waals surface area (Å²) in [6, 6.07) is -0.311. The Morgan fingerprint density at radius 2 is 2.00 bits per heavy atom. The Hall–Kier alpha value is -1.71. The molecule has 0 spiro atoms. The van der Waals surface area contributed by atoms with E-state index in [0.717, 1.165) is 0 Å². The van der Waals surface area contributed by atoms with Crippen LogP contribution in [0.4, 0.5) is 4.79 Å². The second-order valence-corrected chi connectivity index (χ2v) is 11.8. The zero-order valence-corrected chi connectivity index (χ0v) is 20.2. The highest BCUT2D eigenvalue weighted by Crippen LogP contribution is 2.45. The Balaban J connectivity index is 2.06. The molecule has 0 aromatic heterocycles. The van der Waals surface area contributed by atoms with Gasteiger partial charge < -0.3 is 24.1 Å². The molecule has 0 aromatic rings. The number of nitrogens with one attached hydrogen (secondary N) is 1. The van der Waals surface area contributed by atoms with Gasteiger partial charge in [0, 0.05) is 13.0 Å². The molecule has 2 heterocycles. The molecule has 30 heavy (non-hydrogen) atoms. The second kappa shape index (κ2) is 9.61. The monoisotopic (exact) mass is 440 g/mol. The lowest BCUT2D eigenvalue weighted by atomic mass is 9.63. The van der Waals surface area contributed by atoms with Gasteiger partial charge in [0.05, 0.1) is 30.7 Å². The lowest BCUT2D eigenvalue weighted by Gasteiger charge is -2.54. The quantitative estimate of drug-likeness (QED) is 0.352. The lowest BCUT2D eigenvalue weighted by Crippen LogP contribution is -2.71. The molecule has 0 aromatic carbocycles. The molecule has 0 radical (unpaired) electrons. The number of amides is 2. The van der Waals surface area contributed by atoms with E-state index in [4.69, 9.17) is 13.9 Å². The number of β-lactam (4-membered cyclic amide) rings is 1. The van der Waals surface area contributed by atoms with E-state index < -0.39 is 32.8 Å². The number of carbonyl (C=O) groups is 3. The van der Waals surface area contributed by atoms with Gasteiger partial charge in [-0.3, -0.25) is 9.59 Å². The zero-order chi connectivity index (χ0) is 22.7. The molecular weight excluding hydrogens is 404 g/mol. The number of morpholine rings is 1. The van der Waals surface area contributed by atoms with E-state index >= 15 is 0 Å². The molecule has 4 atom stereocenters. The van der Waals surface area contributed by atoms with Crippen molar-refractivity contribution < 1.29 is 28.3 Å². The number of ether oxygens (including phenoxy) is 2. The largest absolute Gasteiger partial charge is 0.445 e. The third kappa shape index (κ3) is 5.31. The summed E-state index contributed by atoms with van der Waals surface area (Å²) in [4.78, 5) is 39.0. The first kappa shape index (κ1) is 24.6. The van der Waals surface area contributed by atoms with Crippen LogP contribution in [0.1, 0.15) is 34.1 Å². The van der Waals surface area contributed by atoms with E-state index in [9.17, 15) is 14.4 Å². The Bertz CT molecular complexity index is 677. The van der Waals surface area contributed by atoms with Gasteiger partial charge in [-0.25, -0.2) is 4.79 Å². The summed E-state index contributed by atoms with van der Waals surface area (Å²) in [6.45, 7) is 16.7. The molecule has 2 saturated heterocycles. The average Bonchev–Trinajstić information content (AvgIpc) is 2.63. The van der Waals surface area contributed by atoms with Gasteiger partial charge in [-0.05, 0) is 25.4 Å². The third-order valence-electron chi connectivity index (χ3n) is 6.01. The molecule has 170 valence electrons. The first-order chi connectivity index (χ1) is 13.9. The number of ketones is 1. The van der Waals surface area contributed by atoms with Crippen molar-refractivity contribution in [1.29, 1.82) is 0 Å². The molecule has 2 aliphatic heterocycles. The minimum atomic E-state index is -1.43. The summed E-state index contributed by atoms with van der Waals surface area (Å²) in [6.07, 6.45) is 0.427. The lowest BCUT2D eigenvalue weighted by molar-refractivity contribution is -0.161. The highest BCUT2D eigenvalue weighted by molar-refractivity contribution is 6.48. The molecule has 8 nitrogen and oxygen atoms in total. The van der Waals surface area contributed by atoms with Crippen LogP contribution < -0.4 is 5.32 Å². The number of Topliss-reactive ketones (excluding diaryl/α,β-unsaturated/α-hetero) is 1. The Labute approximate surface area is 181 Å². The van der Waals surface area contributed by atoms with Gasteiger partial charge in [0.15, 0.2) is 14.8 Å². The molecule has 9 heteroatoms. The van der Waals surface area contributed by atoms with E-state index in [1.807, 2.05) is 6.92 Å². The predicted molar refractivity (Wildman–Crippen MR) is 116 cm³/mol. The standard InChI is InChI=1S/C21H36N2O6Si/c1-8-10-28-19(26)23-9-11-27-16(13-23)15(24)12-14-17(18(25)22-14)21(5,20(2,3)4)29-30(6)7/h8,14,16-17,30H,1,9-13H2,2-7H3,(H,22,25)/t14-,16?,17-,21-/m1/s1. The molecule has 2 amide bonds. The Morgan fingerprint density at radius 1 is 1.33 bits per heavy atom. The molecule has 0 saturated carbocycles. The summed E-state index contributed by atoms with van der Waals surface area (Å²) < 4.78 is 17.1. The Kier molecular flexibility index (Phi) is 7.87. The van der Waals surface area contributed by atoms with E-state index in [-0.39, 0.29) is 49.3 Å². The predicted octanol–water partition coefficient (Wildman–Crippen LogP) is 1.89. The van der Waals surface area contributed by atoms with Crippen LogP contribution in [0.25, 0.3) is 0 Å². The van der Waals surface area contributed by atoms with Crippen LogP contribution in [0.2, 0.25) is 13.1 Å². The first-order valence-electron chi connectivity index (χ1n) is 10.6. The molecule has 0 bridgehead atoms. The fraction of sp³-hybridized carbons (Fsp3) is 0.762. The van der Waals surface area contributed by atoms with Gasteiger partial charge in [-0.15, -0.1) is 0 Å². The summed E-state index contributed by atoms with van der Waals surface area (Å²) in [5.74, 6) is -0.628. The third-order valence-corrected chi connectivity index (χ3v) is 6.97. The van der Waals surface area contributed by atoms with Crippen LogP contribution in [0.15, 0.2) is 12.7 Å². The summed E-state index contributed by atoms with van der Waals surface area (Å²) >= 11 is 0. The molecule has 1 N–H and O–H groups in total. The van der Waals surface area contributed by atoms with Crippen molar-refractivity contribution in [2.24, 2.45) is 11.3 Å². The summed E-state index contributed by atoms with van der Waals surface area (Å²) in [5.41, 5.74) is -0.949. The van der Waals surface area contributed by atoms with E-state index in [2.05, 4.69) is 45.8 Å². The van der Waals surface area contributed by atoms with Gasteiger partial charge in [0.2, 0.25) is 5.91 Å². The van der Waals surface area contributed by atoms with Crippen molar-refractivity contribution in [2.45, 2.75) is 65.0 Å². The maximum absolute atomic E-state index is 12.9. The average molecular weight is 441 g/mol. The minimum Gasteiger partial charge on any atom is -0.445 e. The Morgan fingerprint density at radius 3 is 2.53 bits per heavy atom. The van der Waals surface area contributed by atoms with Crippen molar-refractivity contribution in [3.63, 3.8) is 0 Å². The highest BCUT2D eigenvalue weighted by atomic mass is 28.3. The van der Waals surface area contributed by atoms with Gasteiger partial charge in [-0.2, -0.15) is 0 Å². The van der Waals surface area contributed by atoms with Crippen LogP contribution in [0.3, 0.4) is 0 Å². The fourth-order valence-electron chi connectivity index (χ4n) is 4.03. The molecule has 0 aliphatic carbocycles. The topological polar surface area (TPSA) is 94.2 Å². The molecule has 2 rings (SSSR count). The van der Waals surface area contributed by atoms with Crippen molar-refractivity contribution in [2.75, 3.05) is 26.3 Å². The molecule has 2 aliphatic rings. The van der Waals surface area contributed by atoms with Crippen LogP contribution in [-0.4, -0.2) is 75.8 Å².